The Hall–Kier alpha value is -2.95. The zero-order valence-electron chi connectivity index (χ0n) is 21.2. The first kappa shape index (κ1) is 24.2. The van der Waals surface area contributed by atoms with Crippen LogP contribution in [0.15, 0.2) is 48.5 Å². The fourth-order valence-corrected chi connectivity index (χ4v) is 5.44. The number of carbonyl (C=O) groups is 1. The van der Waals surface area contributed by atoms with Crippen LogP contribution in [0.2, 0.25) is 0 Å². The lowest BCUT2D eigenvalue weighted by molar-refractivity contribution is 0.0944. The van der Waals surface area contributed by atoms with E-state index < -0.39 is 0 Å². The molecule has 1 atom stereocenters. The highest BCUT2D eigenvalue weighted by Gasteiger charge is 2.40. The second-order valence-corrected chi connectivity index (χ2v) is 10.4. The average Bonchev–Trinajstić information content (AvgIpc) is 3.15. The molecule has 3 aromatic rings. The summed E-state index contributed by atoms with van der Waals surface area (Å²) < 4.78 is 15.5. The number of benzene rings is 2. The summed E-state index contributed by atoms with van der Waals surface area (Å²) in [4.78, 5) is 13.9. The summed E-state index contributed by atoms with van der Waals surface area (Å²) in [5.41, 5.74) is 4.38. The molecule has 0 saturated heterocycles. The van der Waals surface area contributed by atoms with Crippen molar-refractivity contribution in [2.75, 3.05) is 5.32 Å². The molecule has 2 heterocycles. The van der Waals surface area contributed by atoms with Gasteiger partial charge in [0.25, 0.3) is 0 Å². The topological polar surface area (TPSA) is 46.9 Å². The van der Waals surface area contributed by atoms with Crippen LogP contribution >= 0.6 is 0 Å². The lowest BCUT2D eigenvalue weighted by atomic mass is 9.71. The van der Waals surface area contributed by atoms with E-state index in [1.807, 2.05) is 23.7 Å². The maximum absolute atomic E-state index is 13.9. The maximum Gasteiger partial charge on any atom is 0.169 e. The molecule has 0 fully saturated rings. The molecule has 0 amide bonds. The van der Waals surface area contributed by atoms with Gasteiger partial charge in [0.15, 0.2) is 5.78 Å². The van der Waals surface area contributed by atoms with Crippen LogP contribution in [0.5, 0.6) is 0 Å². The minimum Gasteiger partial charge on any atom is -0.363 e. The van der Waals surface area contributed by atoms with E-state index in [0.717, 1.165) is 36.3 Å². The summed E-state index contributed by atoms with van der Waals surface area (Å²) in [6.07, 6.45) is 3.00. The Bertz CT molecular complexity index is 1170. The summed E-state index contributed by atoms with van der Waals surface area (Å²) in [6.45, 7) is 12.6. The van der Waals surface area contributed by atoms with Gasteiger partial charge in [-0.05, 0) is 70.2 Å². The molecule has 2 aromatic carbocycles. The van der Waals surface area contributed by atoms with Crippen molar-refractivity contribution in [2.45, 2.75) is 84.2 Å². The van der Waals surface area contributed by atoms with Crippen molar-refractivity contribution >= 4 is 11.6 Å². The highest BCUT2D eigenvalue weighted by Crippen LogP contribution is 2.43. The number of nitrogens with zero attached hydrogens (tertiary/aromatic N) is 2. The predicted octanol–water partition coefficient (Wildman–Crippen LogP) is 7.26. The van der Waals surface area contributed by atoms with Gasteiger partial charge >= 0.3 is 0 Å². The minimum atomic E-state index is -0.285. The number of hydrogen-bond donors (Lipinski definition) is 1. The first-order chi connectivity index (χ1) is 16.1. The monoisotopic (exact) mass is 461 g/mol. The Balaban J connectivity index is 1.72. The number of anilines is 1. The SMILES string of the molecule is CCC(CC)(CC(=O)c1c(C)nn2c1NC(c1ccc(F)cc1)CC2(C)C)c1ccc(C)cc1. The van der Waals surface area contributed by atoms with Gasteiger partial charge in [0.1, 0.15) is 11.6 Å². The molecule has 0 spiro atoms. The molecule has 1 N–H and O–H groups in total. The van der Waals surface area contributed by atoms with E-state index in [1.54, 1.807) is 0 Å². The lowest BCUT2D eigenvalue weighted by Gasteiger charge is -2.38. The van der Waals surface area contributed by atoms with Gasteiger partial charge in [-0.1, -0.05) is 55.8 Å². The molecule has 5 heteroatoms. The molecule has 0 radical (unpaired) electrons. The number of aryl methyl sites for hydroxylation is 2. The number of carbonyl (C=O) groups excluding carboxylic acids is 1. The Kier molecular flexibility index (Phi) is 6.41. The number of ketones is 1. The first-order valence-corrected chi connectivity index (χ1v) is 12.3. The van der Waals surface area contributed by atoms with Gasteiger partial charge in [0, 0.05) is 11.8 Å². The van der Waals surface area contributed by atoms with Gasteiger partial charge in [-0.2, -0.15) is 5.10 Å². The molecule has 0 bridgehead atoms. The number of nitrogens with one attached hydrogen (secondary N) is 1. The third-order valence-corrected chi connectivity index (χ3v) is 7.72. The molecular weight excluding hydrogens is 425 g/mol. The van der Waals surface area contributed by atoms with Crippen molar-refractivity contribution in [1.29, 1.82) is 0 Å². The fourth-order valence-electron chi connectivity index (χ4n) is 5.44. The van der Waals surface area contributed by atoms with Gasteiger partial charge in [-0.3, -0.25) is 4.79 Å². The zero-order chi connectivity index (χ0) is 24.7. The Morgan fingerprint density at radius 3 is 2.29 bits per heavy atom. The number of Topliss-reactive ketones (excluding diaryl/α,β-unsaturated/α-hetero) is 1. The second kappa shape index (κ2) is 9.01. The molecule has 1 aliphatic rings. The summed E-state index contributed by atoms with van der Waals surface area (Å²) >= 11 is 0. The van der Waals surface area contributed by atoms with Gasteiger partial charge in [0.05, 0.1) is 22.8 Å². The third-order valence-electron chi connectivity index (χ3n) is 7.72. The van der Waals surface area contributed by atoms with Crippen molar-refractivity contribution in [1.82, 2.24) is 9.78 Å². The van der Waals surface area contributed by atoms with Crippen molar-refractivity contribution in [3.05, 3.63) is 82.3 Å². The summed E-state index contributed by atoms with van der Waals surface area (Å²) in [5, 5.41) is 8.39. The molecule has 0 saturated carbocycles. The first-order valence-electron chi connectivity index (χ1n) is 12.3. The van der Waals surface area contributed by atoms with Crippen LogP contribution in [0.25, 0.3) is 0 Å². The molecule has 0 aliphatic carbocycles. The summed E-state index contributed by atoms with van der Waals surface area (Å²) in [7, 11) is 0. The standard InChI is InChI=1S/C29H36FN3O/c1-7-29(8-2,22-13-9-19(3)10-14-22)18-25(34)26-20(4)32-33-27(26)31-24(17-28(33,5)6)21-11-15-23(30)16-12-21/h9-16,24,31H,7-8,17-18H2,1-6H3. The fraction of sp³-hybridized carbons (Fsp3) is 0.448. The Morgan fingerprint density at radius 2 is 1.71 bits per heavy atom. The number of fused-ring (bicyclic) bond motifs is 1. The van der Waals surface area contributed by atoms with E-state index >= 15 is 0 Å². The molecule has 1 aliphatic heterocycles. The van der Waals surface area contributed by atoms with E-state index in [4.69, 9.17) is 5.10 Å². The van der Waals surface area contributed by atoms with Gasteiger partial charge in [-0.15, -0.1) is 0 Å². The molecule has 4 nitrogen and oxygen atoms in total. The minimum absolute atomic E-state index is 0.0232. The molecular formula is C29H36FN3O. The molecule has 1 aromatic heterocycles. The maximum atomic E-state index is 13.9. The Morgan fingerprint density at radius 1 is 1.09 bits per heavy atom. The van der Waals surface area contributed by atoms with Crippen LogP contribution in [0.1, 0.15) is 92.2 Å². The largest absolute Gasteiger partial charge is 0.363 e. The summed E-state index contributed by atoms with van der Waals surface area (Å²) in [6, 6.07) is 15.2. The smallest absolute Gasteiger partial charge is 0.169 e. The number of hydrogen-bond acceptors (Lipinski definition) is 3. The van der Waals surface area contributed by atoms with E-state index in [0.29, 0.717) is 12.0 Å². The number of rotatable bonds is 7. The average molecular weight is 462 g/mol. The van der Waals surface area contributed by atoms with Gasteiger partial charge in [-0.25, -0.2) is 9.07 Å². The molecule has 34 heavy (non-hydrogen) atoms. The van der Waals surface area contributed by atoms with Crippen LogP contribution < -0.4 is 5.32 Å². The van der Waals surface area contributed by atoms with Crippen molar-refractivity contribution < 1.29 is 9.18 Å². The van der Waals surface area contributed by atoms with Gasteiger partial charge < -0.3 is 5.32 Å². The number of halogens is 1. The van der Waals surface area contributed by atoms with Crippen LogP contribution in [0, 0.1) is 19.7 Å². The van der Waals surface area contributed by atoms with E-state index in [-0.39, 0.29) is 28.6 Å². The second-order valence-electron chi connectivity index (χ2n) is 10.4. The molecule has 1 unspecified atom stereocenters. The normalized spacial score (nSPS) is 17.2. The predicted molar refractivity (Wildman–Crippen MR) is 136 cm³/mol. The third kappa shape index (κ3) is 4.28. The van der Waals surface area contributed by atoms with Crippen LogP contribution in [0.3, 0.4) is 0 Å². The van der Waals surface area contributed by atoms with Crippen molar-refractivity contribution in [2.24, 2.45) is 0 Å². The van der Waals surface area contributed by atoms with Crippen LogP contribution in [-0.4, -0.2) is 15.6 Å². The van der Waals surface area contributed by atoms with Gasteiger partial charge in [0.2, 0.25) is 0 Å². The zero-order valence-corrected chi connectivity index (χ0v) is 21.2. The molecule has 4 rings (SSSR count). The van der Waals surface area contributed by atoms with E-state index in [9.17, 15) is 9.18 Å². The summed E-state index contributed by atoms with van der Waals surface area (Å²) in [5.74, 6) is 0.645. The Labute approximate surface area is 202 Å². The van der Waals surface area contributed by atoms with Crippen LogP contribution in [0.4, 0.5) is 10.2 Å². The van der Waals surface area contributed by atoms with E-state index in [1.165, 1.54) is 23.3 Å². The van der Waals surface area contributed by atoms with E-state index in [2.05, 4.69) is 64.2 Å². The molecule has 180 valence electrons. The lowest BCUT2D eigenvalue weighted by Crippen LogP contribution is -2.38. The highest BCUT2D eigenvalue weighted by atomic mass is 19.1. The highest BCUT2D eigenvalue weighted by molar-refractivity contribution is 6.02. The van der Waals surface area contributed by atoms with Crippen molar-refractivity contribution in [3.63, 3.8) is 0 Å². The number of aromatic nitrogens is 2. The van der Waals surface area contributed by atoms with Crippen LogP contribution in [-0.2, 0) is 11.0 Å². The van der Waals surface area contributed by atoms with Crippen molar-refractivity contribution in [3.8, 4) is 0 Å². The quantitative estimate of drug-likeness (QED) is 0.377.